The van der Waals surface area contributed by atoms with Crippen LogP contribution in [0.1, 0.15) is 206 Å². The van der Waals surface area contributed by atoms with Crippen molar-refractivity contribution in [1.29, 1.82) is 0 Å². The number of fused-ring (bicyclic) bond motifs is 6. The standard InChI is InChI=1S/C15H23N3O2.C14H22N4O2.C13H18O2.C12H17NO2.C2H5N3.C2H6.6CH4/c1-3-15(19)20-9-12-10-5-7-13-14(8-6-11(10)12)18(4-2)17-16-13;1-3-18-13-7-5-10-9(4-6-12(13)16-17-18)11(10)8-20-14(19)15-2;1-2-13(14)15-9-12-10-7-5-3-4-6-8-11(10)12;1-13-12(14)15-8-11-9-6-4-2-3-5-7-10(9)11;1-2-4-5-3;1-2;;;;;;/h10-12H,3-9H2,1-2H3;9-11H,3-8H2,1-2H3,(H,15,19);10-12H,2,5-9H2,1H3;9-11H,4-8H2,1H3,(H,13,14);2H2,1H3;1-2H3;6*1H4/t10-,11+,12-;9-,10+,11-;10-,11+,12?;9-,10+,11?;;;;;;;;/m11........../s1. The molecule has 4 fully saturated rings. The van der Waals surface area contributed by atoms with Crippen molar-refractivity contribution in [1.82, 2.24) is 40.6 Å². The lowest BCUT2D eigenvalue weighted by atomic mass is 10.0. The normalized spacial score (nSPS) is 25.7. The molecule has 2 amide bonds. The molecule has 2 N–H and O–H groups in total. The predicted molar refractivity (Wildman–Crippen MR) is 334 cm³/mol. The number of hydrogen-bond donors (Lipinski definition) is 2. The minimum Gasteiger partial charge on any atom is -0.465 e. The van der Waals surface area contributed by atoms with Crippen molar-refractivity contribution in [3.8, 4) is 23.7 Å². The maximum atomic E-state index is 11.3. The highest BCUT2D eigenvalue weighted by molar-refractivity contribution is 5.69. The summed E-state index contributed by atoms with van der Waals surface area (Å²) in [6.45, 7) is 18.4. The van der Waals surface area contributed by atoms with Crippen LogP contribution in [0, 0.1) is 94.7 Å². The fraction of sp³-hybridized carbons (Fsp3) is 0.812. The number of carbonyl (C=O) groups is 4. The summed E-state index contributed by atoms with van der Waals surface area (Å²) >= 11 is 0. The van der Waals surface area contributed by atoms with Gasteiger partial charge in [0.2, 0.25) is 0 Å². The fourth-order valence-electron chi connectivity index (χ4n) is 12.3. The van der Waals surface area contributed by atoms with E-state index in [1.54, 1.807) is 21.0 Å². The zero-order valence-electron chi connectivity index (χ0n) is 47.9. The number of aromatic nitrogens is 6. The van der Waals surface area contributed by atoms with Crippen LogP contribution in [0.15, 0.2) is 5.11 Å². The molecule has 10 rings (SSSR count). The van der Waals surface area contributed by atoms with Crippen LogP contribution in [-0.4, -0.2) is 101 Å². The lowest BCUT2D eigenvalue weighted by Gasteiger charge is -2.09. The van der Waals surface area contributed by atoms with E-state index in [2.05, 4.69) is 78.8 Å². The third kappa shape index (κ3) is 24.0. The van der Waals surface area contributed by atoms with Gasteiger partial charge in [-0.3, -0.25) is 9.59 Å². The number of nitrogens with one attached hydrogen (secondary N) is 2. The Morgan fingerprint density at radius 2 is 0.795 bits per heavy atom. The molecule has 474 valence electrons. The summed E-state index contributed by atoms with van der Waals surface area (Å²) in [7, 11) is 3.18. The van der Waals surface area contributed by atoms with Gasteiger partial charge in [-0.25, -0.2) is 19.0 Å². The first-order valence-electron chi connectivity index (χ1n) is 29.3. The zero-order valence-corrected chi connectivity index (χ0v) is 47.9. The minimum absolute atomic E-state index is 0. The highest BCUT2D eigenvalue weighted by Gasteiger charge is 2.52. The molecule has 4 saturated carbocycles. The van der Waals surface area contributed by atoms with Crippen molar-refractivity contribution >= 4 is 24.1 Å². The molecule has 19 nitrogen and oxygen atoms in total. The molecule has 0 bridgehead atoms. The number of ether oxygens (including phenoxy) is 4. The summed E-state index contributed by atoms with van der Waals surface area (Å²) in [5.74, 6) is 20.8. The van der Waals surface area contributed by atoms with Crippen molar-refractivity contribution in [3.63, 3.8) is 0 Å². The van der Waals surface area contributed by atoms with Crippen LogP contribution in [0.3, 0.4) is 0 Å². The van der Waals surface area contributed by atoms with Crippen molar-refractivity contribution in [2.24, 2.45) is 76.1 Å². The first kappa shape index (κ1) is 79.3. The van der Waals surface area contributed by atoms with Gasteiger partial charge in [0.1, 0.15) is 0 Å². The molecule has 0 aliphatic heterocycles. The first-order valence-corrected chi connectivity index (χ1v) is 29.3. The van der Waals surface area contributed by atoms with E-state index in [9.17, 15) is 19.2 Å². The average molecular weight is 1170 g/mol. The van der Waals surface area contributed by atoms with Crippen LogP contribution >= 0.6 is 0 Å². The Balaban J connectivity index is 0. The van der Waals surface area contributed by atoms with Gasteiger partial charge in [0, 0.05) is 77.2 Å². The Hall–Kier alpha value is -5.81. The van der Waals surface area contributed by atoms with E-state index in [-0.39, 0.29) is 68.7 Å². The first-order chi connectivity index (χ1) is 37.5. The molecule has 0 saturated heterocycles. The highest BCUT2D eigenvalue weighted by atomic mass is 16.6. The van der Waals surface area contributed by atoms with E-state index in [4.69, 9.17) is 24.5 Å². The third-order valence-electron chi connectivity index (χ3n) is 16.9. The van der Waals surface area contributed by atoms with Crippen LogP contribution < -0.4 is 10.6 Å². The van der Waals surface area contributed by atoms with Crippen LogP contribution in [0.4, 0.5) is 9.59 Å². The summed E-state index contributed by atoms with van der Waals surface area (Å²) < 4.78 is 24.9. The summed E-state index contributed by atoms with van der Waals surface area (Å²) in [4.78, 5) is 46.9. The van der Waals surface area contributed by atoms with E-state index >= 15 is 0 Å². The monoisotopic (exact) mass is 1170 g/mol. The lowest BCUT2D eigenvalue weighted by Crippen LogP contribution is -2.20. The highest BCUT2D eigenvalue weighted by Crippen LogP contribution is 2.55. The number of alkyl carbamates (subject to hydrolysis) is 2. The number of hydrogen-bond acceptors (Lipinski definition) is 13. The predicted octanol–water partition coefficient (Wildman–Crippen LogP) is 13.7. The second-order valence-corrected chi connectivity index (χ2v) is 20.9. The van der Waals surface area contributed by atoms with Gasteiger partial charge in [-0.05, 0) is 167 Å². The van der Waals surface area contributed by atoms with E-state index in [1.807, 2.05) is 37.1 Å². The van der Waals surface area contributed by atoms with Gasteiger partial charge in [0.15, 0.2) is 0 Å². The maximum Gasteiger partial charge on any atom is 0.406 e. The van der Waals surface area contributed by atoms with Crippen LogP contribution in [0.5, 0.6) is 0 Å². The molecule has 2 aromatic rings. The molecule has 8 aliphatic carbocycles. The molecule has 19 heteroatoms. The Kier molecular flexibility index (Phi) is 40.2. The SMILES string of the molecule is C.C.C.C.C.C.CC.CCC(=O)OCC1[C@H]2CCC#CCC[C@@H]12.CCC(=O)OC[C@@H]1[C@@H]2CCc3nnn(CC)c3CC[C@@H]21.CCN=[N+]=[N-].CCn1nnc2c1CC[C@H]1[C@@H](CC2)[C@H]1COC(=O)NC.CNC(=O)OCC1[C@H]2CCC#CCC[C@@H]12. The largest absolute Gasteiger partial charge is 0.465 e. The number of carbonyl (C=O) groups excluding carboxylic acids is 4. The van der Waals surface area contributed by atoms with Gasteiger partial charge < -0.3 is 29.6 Å². The number of aryl methyl sites for hydroxylation is 4. The van der Waals surface area contributed by atoms with E-state index in [0.29, 0.717) is 81.3 Å². The lowest BCUT2D eigenvalue weighted by molar-refractivity contribution is -0.144. The van der Waals surface area contributed by atoms with Crippen molar-refractivity contribution in [2.45, 2.75) is 222 Å². The summed E-state index contributed by atoms with van der Waals surface area (Å²) in [6.07, 6.45) is 18.0. The number of esters is 2. The van der Waals surface area contributed by atoms with Crippen LogP contribution in [-0.2, 0) is 67.3 Å². The molecular formula is C64H115N11O8. The van der Waals surface area contributed by atoms with Crippen molar-refractivity contribution in [2.75, 3.05) is 47.1 Å². The van der Waals surface area contributed by atoms with Crippen molar-refractivity contribution < 1.29 is 38.1 Å². The topological polar surface area (TPSA) is 239 Å². The summed E-state index contributed by atoms with van der Waals surface area (Å²) in [5.41, 5.74) is 12.5. The van der Waals surface area contributed by atoms with Gasteiger partial charge in [-0.1, -0.05) is 94.7 Å². The number of amides is 2. The molecule has 0 radical (unpaired) electrons. The van der Waals surface area contributed by atoms with Crippen LogP contribution in [0.2, 0.25) is 0 Å². The van der Waals surface area contributed by atoms with Gasteiger partial charge in [-0.15, -0.1) is 33.9 Å². The molecule has 2 aromatic heterocycles. The smallest absolute Gasteiger partial charge is 0.406 e. The second kappa shape index (κ2) is 42.1. The van der Waals surface area contributed by atoms with Gasteiger partial charge in [0.25, 0.3) is 0 Å². The molecular weight excluding hydrogens is 1050 g/mol. The van der Waals surface area contributed by atoms with E-state index in [1.165, 1.54) is 54.9 Å². The average Bonchev–Trinajstić information content (AvgIpc) is 4.48. The number of azide groups is 1. The maximum absolute atomic E-state index is 11.3. The Morgan fingerprint density at radius 1 is 0.506 bits per heavy atom. The number of nitrogens with zero attached hydrogens (tertiary/aromatic N) is 9. The molecule has 83 heavy (non-hydrogen) atoms. The molecule has 2 heterocycles. The van der Waals surface area contributed by atoms with E-state index in [0.717, 1.165) is 119 Å². The molecule has 12 atom stereocenters. The van der Waals surface area contributed by atoms with Crippen LogP contribution in [0.25, 0.3) is 10.4 Å². The Bertz CT molecular complexity index is 2170. The Labute approximate surface area is 502 Å². The minimum atomic E-state index is -0.323. The summed E-state index contributed by atoms with van der Waals surface area (Å²) in [5, 5.41) is 25.2. The quantitative estimate of drug-likeness (QED) is 0.0475. The zero-order chi connectivity index (χ0) is 55.7. The van der Waals surface area contributed by atoms with Gasteiger partial charge in [-0.2, -0.15) is 0 Å². The fourth-order valence-corrected chi connectivity index (χ4v) is 12.3. The molecule has 2 unspecified atom stereocenters. The number of rotatable bonds is 13. The van der Waals surface area contributed by atoms with Gasteiger partial charge >= 0.3 is 24.1 Å². The molecule has 8 aliphatic rings. The Morgan fingerprint density at radius 3 is 1.05 bits per heavy atom. The van der Waals surface area contributed by atoms with E-state index < -0.39 is 0 Å². The second-order valence-electron chi connectivity index (χ2n) is 20.9. The third-order valence-corrected chi connectivity index (χ3v) is 16.9. The van der Waals surface area contributed by atoms with Gasteiger partial charge in [0.05, 0.1) is 49.2 Å². The summed E-state index contributed by atoms with van der Waals surface area (Å²) in [6, 6.07) is 0. The molecule has 0 spiro atoms. The molecule has 0 aromatic carbocycles. The van der Waals surface area contributed by atoms with Crippen molar-refractivity contribution in [3.05, 3.63) is 33.2 Å².